The predicted octanol–water partition coefficient (Wildman–Crippen LogP) is 2.64. The Morgan fingerprint density at radius 3 is 3.03 bits per heavy atom. The van der Waals surface area contributed by atoms with Crippen LogP contribution in [0.2, 0.25) is 0 Å². The van der Waals surface area contributed by atoms with Gasteiger partial charge in [-0.15, -0.1) is 16.4 Å². The number of rotatable bonds is 8. The molecule has 1 aliphatic heterocycles. The smallest absolute Gasteiger partial charge is 0.230 e. The molecule has 1 aromatic carbocycles. The number of nitrogens with zero attached hydrogens (tertiary/aromatic N) is 3. The lowest BCUT2D eigenvalue weighted by Gasteiger charge is -2.33. The third kappa shape index (κ3) is 5.89. The van der Waals surface area contributed by atoms with Crippen molar-refractivity contribution in [2.45, 2.75) is 17.8 Å². The van der Waals surface area contributed by atoms with Gasteiger partial charge in [-0.25, -0.2) is 4.98 Å². The largest absolute Gasteiger partial charge is 0.374 e. The van der Waals surface area contributed by atoms with Gasteiger partial charge in [-0.3, -0.25) is 14.8 Å². The van der Waals surface area contributed by atoms with Gasteiger partial charge in [-0.2, -0.15) is 0 Å². The maximum Gasteiger partial charge on any atom is 0.230 e. The van der Waals surface area contributed by atoms with Crippen LogP contribution in [0.25, 0.3) is 10.7 Å². The van der Waals surface area contributed by atoms with Gasteiger partial charge in [0.1, 0.15) is 0 Å². The summed E-state index contributed by atoms with van der Waals surface area (Å²) >= 11 is 2.92. The Balaban J connectivity index is 1.18. The van der Waals surface area contributed by atoms with Crippen LogP contribution in [0.3, 0.4) is 0 Å². The average molecular weight is 430 g/mol. The first-order valence-electron chi connectivity index (χ1n) is 9.50. The monoisotopic (exact) mass is 429 g/mol. The lowest BCUT2D eigenvalue weighted by atomic mass is 10.2. The Kier molecular flexibility index (Phi) is 6.94. The lowest BCUT2D eigenvalue weighted by molar-refractivity contribution is -0.119. The second kappa shape index (κ2) is 10.0. The minimum atomic E-state index is -0.0405. The molecular formula is C20H23N5O2S2. The van der Waals surface area contributed by atoms with Crippen molar-refractivity contribution in [1.29, 1.82) is 0 Å². The maximum absolute atomic E-state index is 12.2. The average Bonchev–Trinajstić information content (AvgIpc) is 3.43. The first-order chi connectivity index (χ1) is 14.3. The fourth-order valence-electron chi connectivity index (χ4n) is 3.13. The molecule has 1 amide bonds. The summed E-state index contributed by atoms with van der Waals surface area (Å²) in [6.07, 6.45) is 0.00959. The molecule has 9 heteroatoms. The first kappa shape index (κ1) is 20.1. The number of hydrogen-bond acceptors (Lipinski definition) is 7. The molecule has 3 aromatic rings. The minimum absolute atomic E-state index is 0.00959. The Morgan fingerprint density at radius 2 is 2.21 bits per heavy atom. The van der Waals surface area contributed by atoms with E-state index in [-0.39, 0.29) is 17.8 Å². The van der Waals surface area contributed by atoms with Crippen LogP contribution in [0.15, 0.2) is 53.0 Å². The number of H-pyrrole nitrogens is 1. The second-order valence-corrected chi connectivity index (χ2v) is 8.64. The Hall–Kier alpha value is -2.20. The van der Waals surface area contributed by atoms with Crippen molar-refractivity contribution in [2.75, 3.05) is 32.0 Å². The van der Waals surface area contributed by atoms with Crippen LogP contribution in [0.5, 0.6) is 0 Å². The number of benzene rings is 1. The highest BCUT2D eigenvalue weighted by Gasteiger charge is 2.21. The number of aromatic amines is 1. The second-order valence-electron chi connectivity index (χ2n) is 6.75. The summed E-state index contributed by atoms with van der Waals surface area (Å²) < 4.78 is 5.81. The summed E-state index contributed by atoms with van der Waals surface area (Å²) in [5.74, 6) is 0.973. The Bertz CT molecular complexity index is 901. The zero-order chi connectivity index (χ0) is 19.9. The summed E-state index contributed by atoms with van der Waals surface area (Å²) in [4.78, 5) is 20.0. The topological polar surface area (TPSA) is 83.1 Å². The van der Waals surface area contributed by atoms with Crippen molar-refractivity contribution in [3.05, 3.63) is 53.4 Å². The van der Waals surface area contributed by atoms with Gasteiger partial charge in [-0.1, -0.05) is 48.2 Å². The van der Waals surface area contributed by atoms with Gasteiger partial charge < -0.3 is 10.1 Å². The SMILES string of the molecule is O=C(CSc1n[nH]c(-c2cccs2)n1)NC[C@@H]1CN(Cc2ccccc2)CCO1. The molecule has 0 spiro atoms. The zero-order valence-electron chi connectivity index (χ0n) is 15.9. The van der Waals surface area contributed by atoms with Gasteiger partial charge in [-0.05, 0) is 17.0 Å². The molecular weight excluding hydrogens is 406 g/mol. The van der Waals surface area contributed by atoms with E-state index in [2.05, 4.69) is 49.7 Å². The molecule has 1 atom stereocenters. The third-order valence-corrected chi connectivity index (χ3v) is 6.27. The third-order valence-electron chi connectivity index (χ3n) is 4.55. The van der Waals surface area contributed by atoms with Crippen molar-refractivity contribution < 1.29 is 9.53 Å². The summed E-state index contributed by atoms with van der Waals surface area (Å²) in [7, 11) is 0. The molecule has 0 radical (unpaired) electrons. The number of carbonyl (C=O) groups excluding carboxylic acids is 1. The van der Waals surface area contributed by atoms with Gasteiger partial charge in [0.2, 0.25) is 11.1 Å². The summed E-state index contributed by atoms with van der Waals surface area (Å²) in [6.45, 7) is 3.83. The van der Waals surface area contributed by atoms with E-state index in [0.29, 0.717) is 18.3 Å². The van der Waals surface area contributed by atoms with Crippen LogP contribution in [-0.4, -0.2) is 64.1 Å². The lowest BCUT2D eigenvalue weighted by Crippen LogP contribution is -2.47. The normalized spacial score (nSPS) is 17.3. The fraction of sp³-hybridized carbons (Fsp3) is 0.350. The highest BCUT2D eigenvalue weighted by molar-refractivity contribution is 7.99. The number of aromatic nitrogens is 3. The van der Waals surface area contributed by atoms with Crippen LogP contribution >= 0.6 is 23.1 Å². The van der Waals surface area contributed by atoms with E-state index in [9.17, 15) is 4.79 Å². The van der Waals surface area contributed by atoms with Gasteiger partial charge in [0.15, 0.2) is 5.82 Å². The number of morpholine rings is 1. The van der Waals surface area contributed by atoms with Gasteiger partial charge in [0, 0.05) is 26.2 Å². The van der Waals surface area contributed by atoms with Crippen molar-refractivity contribution in [3.63, 3.8) is 0 Å². The summed E-state index contributed by atoms with van der Waals surface area (Å²) in [6, 6.07) is 14.4. The number of hydrogen-bond donors (Lipinski definition) is 2. The Morgan fingerprint density at radius 1 is 1.31 bits per heavy atom. The molecule has 4 rings (SSSR count). The molecule has 0 aliphatic carbocycles. The quantitative estimate of drug-likeness (QED) is 0.536. The molecule has 2 aromatic heterocycles. The summed E-state index contributed by atoms with van der Waals surface area (Å²) in [5.41, 5.74) is 1.29. The Labute approximate surface area is 177 Å². The van der Waals surface area contributed by atoms with Crippen molar-refractivity contribution >= 4 is 29.0 Å². The van der Waals surface area contributed by atoms with E-state index >= 15 is 0 Å². The molecule has 2 N–H and O–H groups in total. The van der Waals surface area contributed by atoms with Crippen molar-refractivity contribution in [3.8, 4) is 10.7 Å². The highest BCUT2D eigenvalue weighted by Crippen LogP contribution is 2.23. The molecule has 29 heavy (non-hydrogen) atoms. The van der Waals surface area contributed by atoms with E-state index < -0.39 is 0 Å². The number of ether oxygens (including phenoxy) is 1. The van der Waals surface area contributed by atoms with Crippen molar-refractivity contribution in [2.24, 2.45) is 0 Å². The molecule has 1 saturated heterocycles. The maximum atomic E-state index is 12.2. The zero-order valence-corrected chi connectivity index (χ0v) is 17.5. The van der Waals surface area contributed by atoms with Gasteiger partial charge in [0.25, 0.3) is 0 Å². The standard InChI is InChI=1S/C20H23N5O2S2/c26-18(14-29-20-22-19(23-24-20)17-7-4-10-28-17)21-11-16-13-25(8-9-27-16)12-15-5-2-1-3-6-15/h1-7,10,16H,8-9,11-14H2,(H,21,26)(H,22,23,24)/t16-/m1/s1. The molecule has 3 heterocycles. The number of nitrogens with one attached hydrogen (secondary N) is 2. The van der Waals surface area contributed by atoms with Gasteiger partial charge >= 0.3 is 0 Å². The predicted molar refractivity (Wildman–Crippen MR) is 115 cm³/mol. The molecule has 0 bridgehead atoms. The minimum Gasteiger partial charge on any atom is -0.374 e. The molecule has 1 aliphatic rings. The van der Waals surface area contributed by atoms with E-state index in [0.717, 1.165) is 30.3 Å². The van der Waals surface area contributed by atoms with E-state index in [4.69, 9.17) is 4.74 Å². The molecule has 7 nitrogen and oxygen atoms in total. The van der Waals surface area contributed by atoms with Crippen LogP contribution in [0, 0.1) is 0 Å². The number of carbonyl (C=O) groups is 1. The molecule has 0 unspecified atom stereocenters. The number of thiophene rings is 1. The fourth-order valence-corrected chi connectivity index (χ4v) is 4.42. The number of amides is 1. The molecule has 0 saturated carbocycles. The van der Waals surface area contributed by atoms with Crippen LogP contribution in [0.4, 0.5) is 0 Å². The molecule has 1 fully saturated rings. The summed E-state index contributed by atoms with van der Waals surface area (Å²) in [5, 5.41) is 12.6. The highest BCUT2D eigenvalue weighted by atomic mass is 32.2. The van der Waals surface area contributed by atoms with E-state index in [1.807, 2.05) is 23.6 Å². The van der Waals surface area contributed by atoms with Crippen molar-refractivity contribution in [1.82, 2.24) is 25.4 Å². The van der Waals surface area contributed by atoms with Crippen LogP contribution < -0.4 is 5.32 Å². The first-order valence-corrected chi connectivity index (χ1v) is 11.4. The van der Waals surface area contributed by atoms with Crippen LogP contribution in [0.1, 0.15) is 5.56 Å². The van der Waals surface area contributed by atoms with Crippen LogP contribution in [-0.2, 0) is 16.1 Å². The van der Waals surface area contributed by atoms with E-state index in [1.165, 1.54) is 17.3 Å². The molecule has 152 valence electrons. The van der Waals surface area contributed by atoms with E-state index in [1.54, 1.807) is 11.3 Å². The number of thioether (sulfide) groups is 1. The van der Waals surface area contributed by atoms with Gasteiger partial charge in [0.05, 0.1) is 23.3 Å².